The first-order chi connectivity index (χ1) is 10.1. The monoisotopic (exact) mass is 288 g/mol. The van der Waals surface area contributed by atoms with E-state index in [4.69, 9.17) is 0 Å². The summed E-state index contributed by atoms with van der Waals surface area (Å²) in [7, 11) is 0. The molecule has 0 bridgehead atoms. The average molecular weight is 288 g/mol. The highest BCUT2D eigenvalue weighted by Crippen LogP contribution is 2.23. The summed E-state index contributed by atoms with van der Waals surface area (Å²) in [6.45, 7) is 3.98. The van der Waals surface area contributed by atoms with Crippen molar-refractivity contribution in [3.63, 3.8) is 0 Å². The quantitative estimate of drug-likeness (QED) is 0.819. The van der Waals surface area contributed by atoms with Crippen molar-refractivity contribution in [2.24, 2.45) is 5.92 Å². The standard InChI is InChI=1S/C17H24N2O2/c1-12-6-3-4-9-16(12)19-17(21)11-18-15-8-5-7-14(10-15)13(2)20/h5,7-8,10,12,16,18H,3-4,6,9,11H2,1-2H3,(H,19,21). The number of ketones is 1. The molecule has 0 aromatic heterocycles. The summed E-state index contributed by atoms with van der Waals surface area (Å²) >= 11 is 0. The predicted molar refractivity (Wildman–Crippen MR) is 84.5 cm³/mol. The number of carbonyl (C=O) groups excluding carboxylic acids is 2. The van der Waals surface area contributed by atoms with E-state index in [9.17, 15) is 9.59 Å². The van der Waals surface area contributed by atoms with Gasteiger partial charge in [-0.05, 0) is 37.8 Å². The summed E-state index contributed by atoms with van der Waals surface area (Å²) in [6.07, 6.45) is 4.73. The number of anilines is 1. The first-order valence-electron chi connectivity index (χ1n) is 7.70. The van der Waals surface area contributed by atoms with Gasteiger partial charge in [0.05, 0.1) is 6.54 Å². The van der Waals surface area contributed by atoms with Crippen molar-refractivity contribution in [3.8, 4) is 0 Å². The lowest BCUT2D eigenvalue weighted by Crippen LogP contribution is -2.43. The molecule has 2 N–H and O–H groups in total. The molecule has 4 heteroatoms. The number of hydrogen-bond donors (Lipinski definition) is 2. The van der Waals surface area contributed by atoms with Crippen LogP contribution in [0.4, 0.5) is 5.69 Å². The number of hydrogen-bond acceptors (Lipinski definition) is 3. The summed E-state index contributed by atoms with van der Waals surface area (Å²) in [5.41, 5.74) is 1.45. The van der Waals surface area contributed by atoms with E-state index in [1.165, 1.54) is 26.2 Å². The number of Topliss-reactive ketones (excluding diaryl/α,β-unsaturated/α-hetero) is 1. The molecule has 1 aromatic rings. The molecule has 1 saturated carbocycles. The second-order valence-electron chi connectivity index (χ2n) is 5.93. The van der Waals surface area contributed by atoms with Gasteiger partial charge in [0.2, 0.25) is 5.91 Å². The fourth-order valence-electron chi connectivity index (χ4n) is 2.82. The highest BCUT2D eigenvalue weighted by molar-refractivity contribution is 5.95. The van der Waals surface area contributed by atoms with E-state index in [1.54, 1.807) is 12.1 Å². The maximum absolute atomic E-state index is 12.0. The van der Waals surface area contributed by atoms with E-state index >= 15 is 0 Å². The van der Waals surface area contributed by atoms with Crippen LogP contribution in [-0.4, -0.2) is 24.3 Å². The van der Waals surface area contributed by atoms with Gasteiger partial charge >= 0.3 is 0 Å². The number of nitrogens with one attached hydrogen (secondary N) is 2. The third-order valence-electron chi connectivity index (χ3n) is 4.18. The molecule has 0 heterocycles. The van der Waals surface area contributed by atoms with Gasteiger partial charge in [0.1, 0.15) is 0 Å². The molecule has 0 aliphatic heterocycles. The molecule has 4 nitrogen and oxygen atoms in total. The minimum atomic E-state index is 0.0157. The van der Waals surface area contributed by atoms with Crippen molar-refractivity contribution in [1.82, 2.24) is 5.32 Å². The average Bonchev–Trinajstić information content (AvgIpc) is 2.48. The second kappa shape index (κ2) is 7.25. The van der Waals surface area contributed by atoms with Gasteiger partial charge in [0.25, 0.3) is 0 Å². The Morgan fingerprint density at radius 3 is 2.71 bits per heavy atom. The van der Waals surface area contributed by atoms with Crippen molar-refractivity contribution in [1.29, 1.82) is 0 Å². The van der Waals surface area contributed by atoms with Crippen LogP contribution in [0.25, 0.3) is 0 Å². The molecule has 1 aliphatic rings. The normalized spacial score (nSPS) is 21.6. The zero-order chi connectivity index (χ0) is 15.2. The van der Waals surface area contributed by atoms with E-state index in [-0.39, 0.29) is 18.2 Å². The smallest absolute Gasteiger partial charge is 0.239 e. The van der Waals surface area contributed by atoms with Crippen molar-refractivity contribution in [2.75, 3.05) is 11.9 Å². The Balaban J connectivity index is 1.83. The second-order valence-corrected chi connectivity index (χ2v) is 5.93. The van der Waals surface area contributed by atoms with Crippen LogP contribution in [-0.2, 0) is 4.79 Å². The van der Waals surface area contributed by atoms with Crippen LogP contribution in [0, 0.1) is 5.92 Å². The SMILES string of the molecule is CC(=O)c1cccc(NCC(=O)NC2CCCCC2C)c1. The minimum absolute atomic E-state index is 0.0157. The van der Waals surface area contributed by atoms with E-state index in [2.05, 4.69) is 17.6 Å². The predicted octanol–water partition coefficient (Wildman–Crippen LogP) is 3.00. The van der Waals surface area contributed by atoms with Crippen LogP contribution >= 0.6 is 0 Å². The summed E-state index contributed by atoms with van der Waals surface area (Å²) in [5, 5.41) is 6.19. The Morgan fingerprint density at radius 1 is 1.24 bits per heavy atom. The third-order valence-corrected chi connectivity index (χ3v) is 4.18. The maximum atomic E-state index is 12.0. The highest BCUT2D eigenvalue weighted by atomic mass is 16.2. The van der Waals surface area contributed by atoms with Crippen molar-refractivity contribution in [3.05, 3.63) is 29.8 Å². The van der Waals surface area contributed by atoms with Crippen LogP contribution in [0.5, 0.6) is 0 Å². The third kappa shape index (κ3) is 4.59. The molecule has 114 valence electrons. The van der Waals surface area contributed by atoms with Gasteiger partial charge in [-0.15, -0.1) is 0 Å². The lowest BCUT2D eigenvalue weighted by atomic mass is 9.86. The number of rotatable bonds is 5. The van der Waals surface area contributed by atoms with Crippen LogP contribution in [0.2, 0.25) is 0 Å². The molecule has 21 heavy (non-hydrogen) atoms. The van der Waals surface area contributed by atoms with Crippen LogP contribution in [0.15, 0.2) is 24.3 Å². The topological polar surface area (TPSA) is 58.2 Å². The molecule has 0 spiro atoms. The molecule has 1 amide bonds. The molecule has 1 aliphatic carbocycles. The summed E-state index contributed by atoms with van der Waals surface area (Å²) in [5.74, 6) is 0.602. The molecule has 0 saturated heterocycles. The van der Waals surface area contributed by atoms with Gasteiger partial charge in [0.15, 0.2) is 5.78 Å². The number of carbonyl (C=O) groups is 2. The van der Waals surface area contributed by atoms with E-state index < -0.39 is 0 Å². The van der Waals surface area contributed by atoms with Crippen molar-refractivity contribution < 1.29 is 9.59 Å². The molecule has 2 atom stereocenters. The fourth-order valence-corrected chi connectivity index (χ4v) is 2.82. The van der Waals surface area contributed by atoms with Gasteiger partial charge in [-0.3, -0.25) is 9.59 Å². The Morgan fingerprint density at radius 2 is 2.00 bits per heavy atom. The molecule has 0 radical (unpaired) electrons. The molecule has 1 fully saturated rings. The lowest BCUT2D eigenvalue weighted by Gasteiger charge is -2.29. The van der Waals surface area contributed by atoms with Gasteiger partial charge < -0.3 is 10.6 Å². The van der Waals surface area contributed by atoms with Gasteiger partial charge in [-0.1, -0.05) is 31.9 Å². The van der Waals surface area contributed by atoms with E-state index in [0.29, 0.717) is 17.5 Å². The van der Waals surface area contributed by atoms with Crippen molar-refractivity contribution >= 4 is 17.4 Å². The zero-order valence-corrected chi connectivity index (χ0v) is 12.8. The fraction of sp³-hybridized carbons (Fsp3) is 0.529. The van der Waals surface area contributed by atoms with Crippen molar-refractivity contribution in [2.45, 2.75) is 45.6 Å². The molecule has 2 unspecified atom stereocenters. The summed E-state index contributed by atoms with van der Waals surface area (Å²) in [4.78, 5) is 23.3. The Kier molecular flexibility index (Phi) is 5.37. The zero-order valence-electron chi connectivity index (χ0n) is 12.8. The molecule has 2 rings (SSSR count). The first-order valence-corrected chi connectivity index (χ1v) is 7.70. The minimum Gasteiger partial charge on any atom is -0.376 e. The summed E-state index contributed by atoms with van der Waals surface area (Å²) in [6, 6.07) is 7.54. The number of benzene rings is 1. The summed E-state index contributed by atoms with van der Waals surface area (Å²) < 4.78 is 0. The van der Waals surface area contributed by atoms with Gasteiger partial charge in [-0.25, -0.2) is 0 Å². The Hall–Kier alpha value is -1.84. The van der Waals surface area contributed by atoms with E-state index in [1.807, 2.05) is 12.1 Å². The molecule has 1 aromatic carbocycles. The first kappa shape index (κ1) is 15.5. The van der Waals surface area contributed by atoms with Crippen LogP contribution in [0.3, 0.4) is 0 Å². The molecular weight excluding hydrogens is 264 g/mol. The Labute approximate surface area is 126 Å². The lowest BCUT2D eigenvalue weighted by molar-refractivity contribution is -0.120. The largest absolute Gasteiger partial charge is 0.376 e. The maximum Gasteiger partial charge on any atom is 0.239 e. The number of amides is 1. The molecular formula is C17H24N2O2. The van der Waals surface area contributed by atoms with Crippen LogP contribution < -0.4 is 10.6 Å². The Bertz CT molecular complexity index is 513. The van der Waals surface area contributed by atoms with E-state index in [0.717, 1.165) is 12.1 Å². The van der Waals surface area contributed by atoms with Gasteiger partial charge in [-0.2, -0.15) is 0 Å². The van der Waals surface area contributed by atoms with Gasteiger partial charge in [0, 0.05) is 17.3 Å². The van der Waals surface area contributed by atoms with Crippen LogP contribution in [0.1, 0.15) is 49.9 Å². The highest BCUT2D eigenvalue weighted by Gasteiger charge is 2.22.